The summed E-state index contributed by atoms with van der Waals surface area (Å²) in [7, 11) is 0. The third kappa shape index (κ3) is 4.73. The van der Waals surface area contributed by atoms with Gasteiger partial charge >= 0.3 is 0 Å². The number of nitrogens with one attached hydrogen (secondary N) is 2. The van der Waals surface area contributed by atoms with E-state index in [9.17, 15) is 14.9 Å². The molecule has 0 aromatic carbocycles. The van der Waals surface area contributed by atoms with Crippen LogP contribution in [0.5, 0.6) is 0 Å². The van der Waals surface area contributed by atoms with Crippen molar-refractivity contribution in [1.29, 1.82) is 0 Å². The normalized spacial score (nSPS) is 10.2. The Balaban J connectivity index is 1.82. The predicted molar refractivity (Wildman–Crippen MR) is 86.3 cm³/mol. The average molecular weight is 315 g/mol. The van der Waals surface area contributed by atoms with Gasteiger partial charge in [0, 0.05) is 24.7 Å². The molecule has 8 heteroatoms. The first-order valence-corrected chi connectivity index (χ1v) is 7.03. The first-order valence-electron chi connectivity index (χ1n) is 7.03. The van der Waals surface area contributed by atoms with Crippen LogP contribution < -0.4 is 10.6 Å². The minimum absolute atomic E-state index is 0.0289. The first kappa shape index (κ1) is 16.3. The zero-order chi connectivity index (χ0) is 16.8. The highest BCUT2D eigenvalue weighted by molar-refractivity contribution is 5.90. The maximum absolute atomic E-state index is 11.8. The monoisotopic (exact) mass is 315 g/mol. The van der Waals surface area contributed by atoms with Gasteiger partial charge in [0.1, 0.15) is 17.8 Å². The highest BCUT2D eigenvalue weighted by atomic mass is 16.6. The van der Waals surface area contributed by atoms with Crippen molar-refractivity contribution in [3.63, 3.8) is 0 Å². The van der Waals surface area contributed by atoms with Crippen LogP contribution in [0.3, 0.4) is 0 Å². The molecule has 23 heavy (non-hydrogen) atoms. The Hall–Kier alpha value is -3.03. The van der Waals surface area contributed by atoms with Crippen molar-refractivity contribution in [3.8, 4) is 0 Å². The van der Waals surface area contributed by atoms with Gasteiger partial charge in [0.15, 0.2) is 0 Å². The van der Waals surface area contributed by atoms with Gasteiger partial charge in [0.25, 0.3) is 5.69 Å². The van der Waals surface area contributed by atoms with Crippen LogP contribution in [0, 0.1) is 24.0 Å². The summed E-state index contributed by atoms with van der Waals surface area (Å²) in [5.74, 6) is 0.826. The van der Waals surface area contributed by atoms with Crippen molar-refractivity contribution in [3.05, 3.63) is 51.8 Å². The minimum Gasteiger partial charge on any atom is -0.370 e. The van der Waals surface area contributed by atoms with Gasteiger partial charge in [-0.05, 0) is 31.5 Å². The summed E-state index contributed by atoms with van der Waals surface area (Å²) in [6, 6.07) is 5.18. The van der Waals surface area contributed by atoms with Crippen molar-refractivity contribution in [2.24, 2.45) is 0 Å². The van der Waals surface area contributed by atoms with Gasteiger partial charge in [0.2, 0.25) is 5.91 Å². The van der Waals surface area contributed by atoms with Crippen LogP contribution in [0.25, 0.3) is 0 Å². The highest BCUT2D eigenvalue weighted by Crippen LogP contribution is 2.18. The standard InChI is InChI=1S/C15H17N5O3/c1-10-3-4-13(17-8-10)19-15(21)5-6-16-14-7-11(2)12(9-18-14)20(22)23/h3-4,7-9H,5-6H2,1-2H3,(H,16,18)(H,17,19,21). The fourth-order valence-electron chi connectivity index (χ4n) is 1.89. The molecule has 2 rings (SSSR count). The second kappa shape index (κ2) is 7.30. The molecule has 0 fully saturated rings. The van der Waals surface area contributed by atoms with E-state index in [-0.39, 0.29) is 18.0 Å². The van der Waals surface area contributed by atoms with Gasteiger partial charge in [-0.1, -0.05) is 6.07 Å². The van der Waals surface area contributed by atoms with E-state index in [1.807, 2.05) is 13.0 Å². The lowest BCUT2D eigenvalue weighted by atomic mass is 10.2. The lowest BCUT2D eigenvalue weighted by molar-refractivity contribution is -0.385. The number of pyridine rings is 2. The topological polar surface area (TPSA) is 110 Å². The van der Waals surface area contributed by atoms with Crippen molar-refractivity contribution < 1.29 is 9.72 Å². The van der Waals surface area contributed by atoms with Crippen LogP contribution in [0.2, 0.25) is 0 Å². The maximum Gasteiger partial charge on any atom is 0.290 e. The summed E-state index contributed by atoms with van der Waals surface area (Å²) >= 11 is 0. The first-order chi connectivity index (χ1) is 11.0. The van der Waals surface area contributed by atoms with Crippen molar-refractivity contribution in [2.75, 3.05) is 17.2 Å². The fraction of sp³-hybridized carbons (Fsp3) is 0.267. The van der Waals surface area contributed by atoms with Gasteiger partial charge in [-0.25, -0.2) is 9.97 Å². The molecule has 0 saturated heterocycles. The number of carbonyl (C=O) groups is 1. The number of hydrogen-bond acceptors (Lipinski definition) is 6. The van der Waals surface area contributed by atoms with Crippen LogP contribution in [0.4, 0.5) is 17.3 Å². The summed E-state index contributed by atoms with van der Waals surface area (Å²) in [4.78, 5) is 30.1. The van der Waals surface area contributed by atoms with Gasteiger partial charge in [0.05, 0.1) is 4.92 Å². The Morgan fingerprint density at radius 3 is 2.57 bits per heavy atom. The number of anilines is 2. The zero-order valence-corrected chi connectivity index (χ0v) is 12.9. The minimum atomic E-state index is -0.478. The predicted octanol–water partition coefficient (Wildman–Crippen LogP) is 2.44. The van der Waals surface area contributed by atoms with Crippen LogP contribution in [-0.4, -0.2) is 27.3 Å². The Labute approximate surface area is 133 Å². The molecule has 8 nitrogen and oxygen atoms in total. The van der Waals surface area contributed by atoms with E-state index in [1.165, 1.54) is 6.20 Å². The molecule has 0 saturated carbocycles. The molecule has 0 spiro atoms. The molecule has 2 aromatic heterocycles. The van der Waals surface area contributed by atoms with Crippen LogP contribution in [-0.2, 0) is 4.79 Å². The summed E-state index contributed by atoms with van der Waals surface area (Å²) in [5.41, 5.74) is 1.50. The largest absolute Gasteiger partial charge is 0.370 e. The molecule has 0 atom stereocenters. The Morgan fingerprint density at radius 1 is 1.22 bits per heavy atom. The molecule has 2 aromatic rings. The second-order valence-corrected chi connectivity index (χ2v) is 5.06. The molecule has 0 unspecified atom stereocenters. The van der Waals surface area contributed by atoms with Crippen LogP contribution in [0.15, 0.2) is 30.6 Å². The summed E-state index contributed by atoms with van der Waals surface area (Å²) in [6.07, 6.45) is 3.11. The molecule has 120 valence electrons. The van der Waals surface area contributed by atoms with Gasteiger partial charge < -0.3 is 10.6 Å². The number of amides is 1. The lowest BCUT2D eigenvalue weighted by Crippen LogP contribution is -2.17. The Kier molecular flexibility index (Phi) is 5.19. The lowest BCUT2D eigenvalue weighted by Gasteiger charge is -2.07. The average Bonchev–Trinajstić information content (AvgIpc) is 2.49. The SMILES string of the molecule is Cc1ccc(NC(=O)CCNc2cc(C)c([N+](=O)[O-])cn2)nc1. The Morgan fingerprint density at radius 2 is 1.96 bits per heavy atom. The van der Waals surface area contributed by atoms with E-state index < -0.39 is 4.92 Å². The van der Waals surface area contributed by atoms with Crippen molar-refractivity contribution >= 4 is 23.2 Å². The molecule has 0 aliphatic heterocycles. The molecule has 2 heterocycles. The van der Waals surface area contributed by atoms with Crippen molar-refractivity contribution in [2.45, 2.75) is 20.3 Å². The van der Waals surface area contributed by atoms with Gasteiger partial charge in [-0.3, -0.25) is 14.9 Å². The van der Waals surface area contributed by atoms with Crippen LogP contribution >= 0.6 is 0 Å². The summed E-state index contributed by atoms with van der Waals surface area (Å²) < 4.78 is 0. The number of nitrogens with zero attached hydrogens (tertiary/aromatic N) is 3. The third-order valence-electron chi connectivity index (χ3n) is 3.12. The molecule has 1 amide bonds. The number of hydrogen-bond donors (Lipinski definition) is 2. The molecular formula is C15H17N5O3. The van der Waals surface area contributed by atoms with Gasteiger partial charge in [-0.2, -0.15) is 0 Å². The summed E-state index contributed by atoms with van der Waals surface area (Å²) in [6.45, 7) is 3.92. The van der Waals surface area contributed by atoms with E-state index in [0.717, 1.165) is 5.56 Å². The van der Waals surface area contributed by atoms with E-state index >= 15 is 0 Å². The molecule has 0 bridgehead atoms. The molecule has 0 radical (unpaired) electrons. The Bertz CT molecular complexity index is 716. The van der Waals surface area contributed by atoms with E-state index in [4.69, 9.17) is 0 Å². The molecule has 0 aliphatic carbocycles. The number of aryl methyl sites for hydroxylation is 2. The number of aromatic nitrogens is 2. The molecular weight excluding hydrogens is 298 g/mol. The van der Waals surface area contributed by atoms with E-state index in [0.29, 0.717) is 23.7 Å². The fourth-order valence-corrected chi connectivity index (χ4v) is 1.89. The summed E-state index contributed by atoms with van der Waals surface area (Å²) in [5, 5.41) is 16.4. The quantitative estimate of drug-likeness (QED) is 0.626. The van der Waals surface area contributed by atoms with E-state index in [2.05, 4.69) is 20.6 Å². The van der Waals surface area contributed by atoms with E-state index in [1.54, 1.807) is 25.3 Å². The number of rotatable bonds is 6. The highest BCUT2D eigenvalue weighted by Gasteiger charge is 2.11. The van der Waals surface area contributed by atoms with Gasteiger partial charge in [-0.15, -0.1) is 0 Å². The number of carbonyl (C=O) groups excluding carboxylic acids is 1. The smallest absolute Gasteiger partial charge is 0.290 e. The molecule has 0 aliphatic rings. The number of nitro groups is 1. The van der Waals surface area contributed by atoms with Crippen molar-refractivity contribution in [1.82, 2.24) is 9.97 Å². The second-order valence-electron chi connectivity index (χ2n) is 5.06. The van der Waals surface area contributed by atoms with Crippen LogP contribution in [0.1, 0.15) is 17.5 Å². The zero-order valence-electron chi connectivity index (χ0n) is 12.9. The third-order valence-corrected chi connectivity index (χ3v) is 3.12. The molecule has 2 N–H and O–H groups in total. The maximum atomic E-state index is 11.8.